The van der Waals surface area contributed by atoms with Crippen LogP contribution < -0.4 is 0 Å². The minimum Gasteiger partial charge on any atom is -0.462 e. The molecule has 0 aliphatic heterocycles. The molecule has 1 unspecified atom stereocenters. The summed E-state index contributed by atoms with van der Waals surface area (Å²) in [6.45, 7) is 7.10. The Labute approximate surface area is 398 Å². The number of fused-ring (bicyclic) bond motifs is 4. The summed E-state index contributed by atoms with van der Waals surface area (Å²) in [5.74, 6) is -2.48. The van der Waals surface area contributed by atoms with Crippen molar-refractivity contribution < 1.29 is 66.7 Å². The maximum atomic E-state index is 14.2. The van der Waals surface area contributed by atoms with Crippen LogP contribution in [-0.4, -0.2) is 92.4 Å². The summed E-state index contributed by atoms with van der Waals surface area (Å²) in [7, 11) is 0. The summed E-state index contributed by atoms with van der Waals surface area (Å²) in [5, 5.41) is 0. The van der Waals surface area contributed by atoms with Gasteiger partial charge in [0, 0.05) is 17.6 Å². The number of benzene rings is 2. The first-order valence-electron chi connectivity index (χ1n) is 24.9. The van der Waals surface area contributed by atoms with Crippen molar-refractivity contribution in [2.75, 3.05) is 20.0 Å². The molecule has 2 aromatic rings. The van der Waals surface area contributed by atoms with Crippen LogP contribution in [0, 0.1) is 11.8 Å². The first-order chi connectivity index (χ1) is 33.0. The Balaban J connectivity index is 0.807. The number of hydrogen-bond acceptors (Lipinski definition) is 14. The highest BCUT2D eigenvalue weighted by Gasteiger charge is 2.49. The molecule has 1 atom stereocenters. The molecule has 6 aliphatic carbocycles. The number of carbonyl (C=O) groups excluding carboxylic acids is 6. The Kier molecular flexibility index (Phi) is 16.5. The van der Waals surface area contributed by atoms with Crippen LogP contribution in [0.4, 0.5) is 0 Å². The van der Waals surface area contributed by atoms with E-state index in [1.165, 1.54) is 0 Å². The molecule has 0 amide bonds. The lowest BCUT2D eigenvalue weighted by Gasteiger charge is -2.33. The van der Waals surface area contributed by atoms with Gasteiger partial charge in [-0.15, -0.1) is 0 Å². The van der Waals surface area contributed by atoms with Gasteiger partial charge >= 0.3 is 35.8 Å². The van der Waals surface area contributed by atoms with Crippen LogP contribution in [0.1, 0.15) is 159 Å². The molecule has 4 saturated carbocycles. The number of carbonyl (C=O) groups is 6. The molecule has 6 aliphatic rings. The topological polar surface area (TPSA) is 176 Å². The van der Waals surface area contributed by atoms with Gasteiger partial charge in [-0.2, -0.15) is 0 Å². The van der Waals surface area contributed by atoms with Gasteiger partial charge in [-0.05, 0) is 163 Å². The normalized spacial score (nSPS) is 28.5. The van der Waals surface area contributed by atoms with Gasteiger partial charge in [0.2, 0.25) is 0 Å². The third kappa shape index (κ3) is 11.7. The molecule has 4 fully saturated rings. The largest absolute Gasteiger partial charge is 0.462 e. The molecule has 0 aromatic heterocycles. The lowest BCUT2D eigenvalue weighted by atomic mass is 9.73. The summed E-state index contributed by atoms with van der Waals surface area (Å²) < 4.78 is 45.7. The smallest absolute Gasteiger partial charge is 0.338 e. The molecule has 0 heterocycles. The number of rotatable bonds is 17. The van der Waals surface area contributed by atoms with Crippen molar-refractivity contribution in [1.29, 1.82) is 0 Å². The van der Waals surface area contributed by atoms with Crippen LogP contribution in [0.3, 0.4) is 0 Å². The van der Waals surface area contributed by atoms with Gasteiger partial charge in [0.1, 0.15) is 31.0 Å². The second-order valence-corrected chi connectivity index (χ2v) is 19.4. The first-order valence-corrected chi connectivity index (χ1v) is 24.9. The predicted molar refractivity (Wildman–Crippen MR) is 246 cm³/mol. The van der Waals surface area contributed by atoms with E-state index in [0.29, 0.717) is 108 Å². The zero-order valence-corrected chi connectivity index (χ0v) is 39.1. The van der Waals surface area contributed by atoms with Crippen molar-refractivity contribution in [2.24, 2.45) is 11.8 Å². The fourth-order valence-corrected chi connectivity index (χ4v) is 11.6. The molecule has 0 radical (unpaired) electrons. The second-order valence-electron chi connectivity index (χ2n) is 19.4. The molecule has 2 aromatic carbocycles. The van der Waals surface area contributed by atoms with Crippen molar-refractivity contribution >= 4 is 35.8 Å². The van der Waals surface area contributed by atoms with Gasteiger partial charge in [0.15, 0.2) is 6.79 Å². The minimum absolute atomic E-state index is 0.0217. The molecule has 366 valence electrons. The van der Waals surface area contributed by atoms with Crippen LogP contribution in [0.25, 0.3) is 0 Å². The molecule has 0 N–H and O–H groups in total. The third-order valence-electron chi connectivity index (χ3n) is 15.2. The average Bonchev–Trinajstić information content (AvgIpc) is 3.94. The minimum atomic E-state index is -0.535. The van der Waals surface area contributed by atoms with E-state index in [0.717, 1.165) is 72.9 Å². The van der Waals surface area contributed by atoms with E-state index in [2.05, 4.69) is 25.3 Å². The van der Waals surface area contributed by atoms with E-state index in [1.807, 2.05) is 24.3 Å². The van der Waals surface area contributed by atoms with Crippen LogP contribution in [0.2, 0.25) is 0 Å². The first kappa shape index (κ1) is 49.1. The van der Waals surface area contributed by atoms with Crippen LogP contribution in [-0.2, 0) is 75.3 Å². The van der Waals surface area contributed by atoms with Crippen LogP contribution >= 0.6 is 0 Å². The van der Waals surface area contributed by atoms with Crippen molar-refractivity contribution in [3.63, 3.8) is 0 Å². The van der Waals surface area contributed by atoms with Crippen molar-refractivity contribution in [1.82, 2.24) is 0 Å². The van der Waals surface area contributed by atoms with E-state index in [4.69, 9.17) is 37.9 Å². The molecule has 14 heteroatoms. The number of ether oxygens (including phenoxy) is 8. The highest BCUT2D eigenvalue weighted by molar-refractivity contribution is 5.96. The van der Waals surface area contributed by atoms with E-state index < -0.39 is 17.4 Å². The summed E-state index contributed by atoms with van der Waals surface area (Å²) >= 11 is 0. The molecular weight excluding hydrogens is 873 g/mol. The highest BCUT2D eigenvalue weighted by Crippen LogP contribution is 2.55. The maximum absolute atomic E-state index is 14.2. The number of aryl methyl sites for hydroxylation is 2. The standard InChI is InChI=1S/C54H66O14/c1-3-46(55)62-32-31-61-38-15-11-36(12-16-38)50(57)65-40-19-23-42(24-20-40)67-52(59)44-9-5-7-34-27-29-54(48(34)44)30-28-35-8-6-10-45(49(35)54)53(60)68-43-25-21-41(22-26-43)66-51(58)37-13-17-39(18-14-37)63-33-64-47(56)4-2/h3-10,36-43H,1-2,11-33H2. The summed E-state index contributed by atoms with van der Waals surface area (Å²) in [5.41, 5.74) is 4.67. The number of hydrogen-bond donors (Lipinski definition) is 0. The Morgan fingerprint density at radius 3 is 1.32 bits per heavy atom. The van der Waals surface area contributed by atoms with Crippen molar-refractivity contribution in [2.45, 2.75) is 170 Å². The monoisotopic (exact) mass is 938 g/mol. The molecule has 0 bridgehead atoms. The second kappa shape index (κ2) is 22.8. The lowest BCUT2D eigenvalue weighted by molar-refractivity contribution is -0.162. The Bertz CT molecular complexity index is 2160. The molecule has 68 heavy (non-hydrogen) atoms. The van der Waals surface area contributed by atoms with Gasteiger partial charge < -0.3 is 37.9 Å². The quantitative estimate of drug-likeness (QED) is 0.0485. The third-order valence-corrected chi connectivity index (χ3v) is 15.2. The van der Waals surface area contributed by atoms with Gasteiger partial charge in [0.05, 0.1) is 41.8 Å². The molecular formula is C54H66O14. The molecule has 8 rings (SSSR count). The maximum Gasteiger partial charge on any atom is 0.338 e. The van der Waals surface area contributed by atoms with Gasteiger partial charge in [0.25, 0.3) is 0 Å². The molecule has 14 nitrogen and oxygen atoms in total. The summed E-state index contributed by atoms with van der Waals surface area (Å²) in [4.78, 5) is 77.1. The van der Waals surface area contributed by atoms with Crippen LogP contribution in [0.15, 0.2) is 61.7 Å². The Morgan fingerprint density at radius 2 is 0.882 bits per heavy atom. The van der Waals surface area contributed by atoms with Gasteiger partial charge in [-0.1, -0.05) is 37.4 Å². The molecule has 1 spiro atoms. The van der Waals surface area contributed by atoms with E-state index in [-0.39, 0.29) is 85.7 Å². The van der Waals surface area contributed by atoms with Crippen molar-refractivity contribution in [3.8, 4) is 0 Å². The zero-order valence-electron chi connectivity index (χ0n) is 39.1. The van der Waals surface area contributed by atoms with E-state index in [1.54, 1.807) is 0 Å². The van der Waals surface area contributed by atoms with E-state index in [9.17, 15) is 28.8 Å². The summed E-state index contributed by atoms with van der Waals surface area (Å²) in [6.07, 6.45) is 14.5. The lowest BCUT2D eigenvalue weighted by Crippen LogP contribution is -2.34. The Hall–Kier alpha value is -5.34. The fraction of sp³-hybridized carbons (Fsp3) is 0.593. The average molecular weight is 939 g/mol. The van der Waals surface area contributed by atoms with E-state index >= 15 is 0 Å². The number of esters is 6. The van der Waals surface area contributed by atoms with Gasteiger partial charge in [-0.25, -0.2) is 19.2 Å². The van der Waals surface area contributed by atoms with Gasteiger partial charge in [-0.3, -0.25) is 9.59 Å². The SMILES string of the molecule is C=CC(=O)OCCOC1CCC(C(=O)OC2CCC(OC(=O)c3cccc4c3C3(CC4)CCc4cccc(C(=O)OC5CCC(OC(=O)C6CCC(OCOC(=O)C=C)CC6)CC5)c43)CC2)CC1. The van der Waals surface area contributed by atoms with Crippen LogP contribution in [0.5, 0.6) is 0 Å². The summed E-state index contributed by atoms with van der Waals surface area (Å²) in [6, 6.07) is 11.7. The Morgan fingerprint density at radius 1 is 0.485 bits per heavy atom. The zero-order chi connectivity index (χ0) is 47.6. The fourth-order valence-electron chi connectivity index (χ4n) is 11.6. The van der Waals surface area contributed by atoms with Crippen molar-refractivity contribution in [3.05, 3.63) is 95.1 Å². The predicted octanol–water partition coefficient (Wildman–Crippen LogP) is 8.45. The highest BCUT2D eigenvalue weighted by atomic mass is 16.7. The molecule has 0 saturated heterocycles.